The number of nitrogens with one attached hydrogen (secondary N) is 1. The van der Waals surface area contributed by atoms with Crippen molar-refractivity contribution in [3.8, 4) is 0 Å². The van der Waals surface area contributed by atoms with Gasteiger partial charge in [-0.15, -0.1) is 0 Å². The number of benzene rings is 1. The lowest BCUT2D eigenvalue weighted by Crippen LogP contribution is -2.40. The second kappa shape index (κ2) is 10.4. The number of amides is 1. The highest BCUT2D eigenvalue weighted by Gasteiger charge is 2.25. The van der Waals surface area contributed by atoms with E-state index in [2.05, 4.69) is 10.2 Å². The lowest BCUT2D eigenvalue weighted by Gasteiger charge is -2.31. The highest BCUT2D eigenvalue weighted by Crippen LogP contribution is 2.25. The average Bonchev–Trinajstić information content (AvgIpc) is 3.18. The summed E-state index contributed by atoms with van der Waals surface area (Å²) in [5.74, 6) is 2.99. The molecule has 0 atom stereocenters. The molecule has 2 heterocycles. The number of rotatable bonds is 8. The molecule has 0 saturated carbocycles. The van der Waals surface area contributed by atoms with Gasteiger partial charge < -0.3 is 9.73 Å². The molecule has 2 aromatic rings. The number of furan rings is 1. The molecular formula is C20H24Cl2N2O2S. The van der Waals surface area contributed by atoms with E-state index in [1.807, 2.05) is 24.3 Å². The van der Waals surface area contributed by atoms with E-state index in [0.29, 0.717) is 16.6 Å². The molecular weight excluding hydrogens is 403 g/mol. The Labute approximate surface area is 174 Å². The van der Waals surface area contributed by atoms with Crippen LogP contribution in [0.3, 0.4) is 0 Å². The van der Waals surface area contributed by atoms with E-state index < -0.39 is 0 Å². The van der Waals surface area contributed by atoms with Gasteiger partial charge in [0, 0.05) is 34.8 Å². The van der Waals surface area contributed by atoms with Gasteiger partial charge in [0.1, 0.15) is 5.76 Å². The molecule has 1 aromatic carbocycles. The highest BCUT2D eigenvalue weighted by molar-refractivity contribution is 7.98. The van der Waals surface area contributed by atoms with Crippen LogP contribution in [0, 0.1) is 5.92 Å². The van der Waals surface area contributed by atoms with Gasteiger partial charge in [-0.25, -0.2) is 0 Å². The van der Waals surface area contributed by atoms with Crippen molar-refractivity contribution >= 4 is 40.9 Å². The van der Waals surface area contributed by atoms with Gasteiger partial charge in [-0.05, 0) is 55.8 Å². The molecule has 27 heavy (non-hydrogen) atoms. The summed E-state index contributed by atoms with van der Waals surface area (Å²) in [6, 6.07) is 9.49. The Morgan fingerprint density at radius 2 is 2.07 bits per heavy atom. The molecule has 1 aromatic heterocycles. The smallest absolute Gasteiger partial charge is 0.223 e. The van der Waals surface area contributed by atoms with E-state index in [9.17, 15) is 4.79 Å². The fraction of sp³-hybridized carbons (Fsp3) is 0.450. The third-order valence-corrected chi connectivity index (χ3v) is 6.31. The Bertz CT molecular complexity index is 732. The zero-order chi connectivity index (χ0) is 19.1. The van der Waals surface area contributed by atoms with Gasteiger partial charge in [-0.2, -0.15) is 11.8 Å². The van der Waals surface area contributed by atoms with Crippen LogP contribution in [0.4, 0.5) is 0 Å². The molecule has 146 valence electrons. The van der Waals surface area contributed by atoms with Crippen molar-refractivity contribution in [2.45, 2.75) is 25.1 Å². The van der Waals surface area contributed by atoms with Gasteiger partial charge in [0.25, 0.3) is 0 Å². The Kier molecular flexibility index (Phi) is 7.94. The van der Waals surface area contributed by atoms with Crippen LogP contribution in [0.15, 0.2) is 41.0 Å². The standard InChI is InChI=1S/C20H24Cl2N2O2S/c21-17-4-3-16(19(22)12-17)13-24-8-5-15(6-9-24)20(25)23-7-11-27-14-18-2-1-10-26-18/h1-4,10,12,15H,5-9,11,13-14H2,(H,23,25). The van der Waals surface area contributed by atoms with E-state index >= 15 is 0 Å². The van der Waals surface area contributed by atoms with Crippen LogP contribution in [0.1, 0.15) is 24.2 Å². The first-order chi connectivity index (χ1) is 13.1. The molecule has 0 radical (unpaired) electrons. The van der Waals surface area contributed by atoms with Gasteiger partial charge >= 0.3 is 0 Å². The predicted octanol–water partition coefficient (Wildman–Crippen LogP) is 4.85. The molecule has 1 aliphatic rings. The first-order valence-electron chi connectivity index (χ1n) is 9.16. The van der Waals surface area contributed by atoms with Crippen LogP contribution in [-0.2, 0) is 17.1 Å². The highest BCUT2D eigenvalue weighted by atomic mass is 35.5. The molecule has 1 saturated heterocycles. The minimum Gasteiger partial charge on any atom is -0.468 e. The fourth-order valence-corrected chi connectivity index (χ4v) is 4.43. The SMILES string of the molecule is O=C(NCCSCc1ccco1)C1CCN(Cc2ccc(Cl)cc2Cl)CC1. The summed E-state index contributed by atoms with van der Waals surface area (Å²) in [4.78, 5) is 14.7. The maximum absolute atomic E-state index is 12.4. The summed E-state index contributed by atoms with van der Waals surface area (Å²) >= 11 is 14.0. The van der Waals surface area contributed by atoms with Gasteiger partial charge in [0.05, 0.1) is 12.0 Å². The molecule has 0 bridgehead atoms. The molecule has 1 aliphatic heterocycles. The van der Waals surface area contributed by atoms with Crippen molar-refractivity contribution in [3.63, 3.8) is 0 Å². The van der Waals surface area contributed by atoms with E-state index in [-0.39, 0.29) is 11.8 Å². The molecule has 3 rings (SSSR count). The Morgan fingerprint density at radius 1 is 1.26 bits per heavy atom. The largest absolute Gasteiger partial charge is 0.468 e. The number of piperidine rings is 1. The van der Waals surface area contributed by atoms with E-state index in [0.717, 1.165) is 55.3 Å². The van der Waals surface area contributed by atoms with Crippen molar-refractivity contribution in [3.05, 3.63) is 58.0 Å². The van der Waals surface area contributed by atoms with Gasteiger partial charge in [-0.1, -0.05) is 29.3 Å². The maximum Gasteiger partial charge on any atom is 0.223 e. The Balaban J connectivity index is 1.32. The third-order valence-electron chi connectivity index (χ3n) is 4.74. The van der Waals surface area contributed by atoms with Crippen LogP contribution in [0.5, 0.6) is 0 Å². The molecule has 1 amide bonds. The Hall–Kier alpha value is -1.14. The van der Waals surface area contributed by atoms with Crippen LogP contribution < -0.4 is 5.32 Å². The van der Waals surface area contributed by atoms with Crippen molar-refractivity contribution < 1.29 is 9.21 Å². The normalized spacial score (nSPS) is 15.8. The number of carbonyl (C=O) groups excluding carboxylic acids is 1. The summed E-state index contributed by atoms with van der Waals surface area (Å²) in [6.07, 6.45) is 3.46. The quantitative estimate of drug-likeness (QED) is 0.612. The average molecular weight is 427 g/mol. The van der Waals surface area contributed by atoms with Crippen LogP contribution >= 0.6 is 35.0 Å². The molecule has 7 heteroatoms. The molecule has 1 fully saturated rings. The minimum absolute atomic E-state index is 0.108. The fourth-order valence-electron chi connectivity index (χ4n) is 3.20. The summed E-state index contributed by atoms with van der Waals surface area (Å²) in [7, 11) is 0. The summed E-state index contributed by atoms with van der Waals surface area (Å²) in [5.41, 5.74) is 1.08. The van der Waals surface area contributed by atoms with E-state index in [1.54, 1.807) is 24.1 Å². The first-order valence-corrected chi connectivity index (χ1v) is 11.1. The van der Waals surface area contributed by atoms with Gasteiger partial charge in [-0.3, -0.25) is 9.69 Å². The maximum atomic E-state index is 12.4. The number of halogens is 2. The summed E-state index contributed by atoms with van der Waals surface area (Å²) in [6.45, 7) is 3.31. The van der Waals surface area contributed by atoms with Crippen LogP contribution in [-0.4, -0.2) is 36.2 Å². The van der Waals surface area contributed by atoms with Crippen molar-refractivity contribution in [2.75, 3.05) is 25.4 Å². The zero-order valence-corrected chi connectivity index (χ0v) is 17.5. The Morgan fingerprint density at radius 3 is 2.78 bits per heavy atom. The van der Waals surface area contributed by atoms with Gasteiger partial charge in [0.15, 0.2) is 0 Å². The molecule has 0 aliphatic carbocycles. The van der Waals surface area contributed by atoms with E-state index in [4.69, 9.17) is 27.6 Å². The number of nitrogens with zero attached hydrogens (tertiary/aromatic N) is 1. The molecule has 4 nitrogen and oxygen atoms in total. The minimum atomic E-state index is 0.108. The second-order valence-corrected chi connectivity index (χ2v) is 8.66. The number of hydrogen-bond donors (Lipinski definition) is 1. The lowest BCUT2D eigenvalue weighted by molar-refractivity contribution is -0.126. The topological polar surface area (TPSA) is 45.5 Å². The predicted molar refractivity (Wildman–Crippen MR) is 112 cm³/mol. The molecule has 0 spiro atoms. The lowest BCUT2D eigenvalue weighted by atomic mass is 9.95. The molecule has 0 unspecified atom stereocenters. The second-order valence-electron chi connectivity index (χ2n) is 6.71. The van der Waals surface area contributed by atoms with Crippen LogP contribution in [0.2, 0.25) is 10.0 Å². The number of thioether (sulfide) groups is 1. The third kappa shape index (κ3) is 6.46. The van der Waals surface area contributed by atoms with Crippen molar-refractivity contribution in [1.82, 2.24) is 10.2 Å². The first kappa shape index (κ1) is 20.6. The van der Waals surface area contributed by atoms with Crippen molar-refractivity contribution in [2.24, 2.45) is 5.92 Å². The zero-order valence-electron chi connectivity index (χ0n) is 15.1. The monoisotopic (exact) mass is 426 g/mol. The number of carbonyl (C=O) groups is 1. The summed E-state index contributed by atoms with van der Waals surface area (Å²) < 4.78 is 5.29. The summed E-state index contributed by atoms with van der Waals surface area (Å²) in [5, 5.41) is 4.42. The van der Waals surface area contributed by atoms with Crippen LogP contribution in [0.25, 0.3) is 0 Å². The number of hydrogen-bond acceptors (Lipinski definition) is 4. The number of likely N-dealkylation sites (tertiary alicyclic amines) is 1. The van der Waals surface area contributed by atoms with Gasteiger partial charge in [0.2, 0.25) is 5.91 Å². The van der Waals surface area contributed by atoms with E-state index in [1.165, 1.54) is 0 Å². The molecule has 1 N–H and O–H groups in total. The van der Waals surface area contributed by atoms with Crippen molar-refractivity contribution in [1.29, 1.82) is 0 Å².